The van der Waals surface area contributed by atoms with Crippen molar-refractivity contribution in [3.8, 4) is 11.5 Å². The van der Waals surface area contributed by atoms with Crippen molar-refractivity contribution in [2.75, 3.05) is 13.1 Å². The third-order valence-electron chi connectivity index (χ3n) is 4.73. The standard InChI is InChI=1S/C18H15ClN4O5/c19-15-2-1-13(23(25)26)9-14(15)18(24)22-6-3-11(4-7-22)16-20-21-17(28-16)12-5-8-27-10-12/h1-2,5,8-11H,3-4,6-7H2. The molecule has 1 aliphatic rings. The second-order valence-corrected chi connectivity index (χ2v) is 6.85. The van der Waals surface area contributed by atoms with E-state index < -0.39 is 4.92 Å². The Morgan fingerprint density at radius 2 is 2.04 bits per heavy atom. The lowest BCUT2D eigenvalue weighted by Crippen LogP contribution is -2.38. The molecule has 0 atom stereocenters. The summed E-state index contributed by atoms with van der Waals surface area (Å²) in [6, 6.07) is 5.60. The zero-order valence-corrected chi connectivity index (χ0v) is 15.3. The minimum Gasteiger partial charge on any atom is -0.472 e. The Morgan fingerprint density at radius 3 is 2.71 bits per heavy atom. The van der Waals surface area contributed by atoms with Crippen molar-refractivity contribution in [1.82, 2.24) is 15.1 Å². The smallest absolute Gasteiger partial charge is 0.270 e. The van der Waals surface area contributed by atoms with Gasteiger partial charge in [0.2, 0.25) is 5.89 Å². The van der Waals surface area contributed by atoms with E-state index in [4.69, 9.17) is 20.4 Å². The number of nitro benzene ring substituents is 1. The maximum absolute atomic E-state index is 12.8. The molecule has 0 saturated carbocycles. The first-order chi connectivity index (χ1) is 13.5. The van der Waals surface area contributed by atoms with E-state index in [-0.39, 0.29) is 28.1 Å². The van der Waals surface area contributed by atoms with Crippen molar-refractivity contribution in [2.45, 2.75) is 18.8 Å². The first-order valence-corrected chi connectivity index (χ1v) is 9.00. The number of nitrogens with zero attached hydrogens (tertiary/aromatic N) is 4. The van der Waals surface area contributed by atoms with Gasteiger partial charge in [0.05, 0.1) is 27.3 Å². The highest BCUT2D eigenvalue weighted by Gasteiger charge is 2.29. The van der Waals surface area contributed by atoms with Crippen LogP contribution in [0.15, 0.2) is 45.6 Å². The number of carbonyl (C=O) groups is 1. The molecule has 1 aliphatic heterocycles. The summed E-state index contributed by atoms with van der Waals surface area (Å²) in [6.45, 7) is 0.928. The highest BCUT2D eigenvalue weighted by Crippen LogP contribution is 2.31. The summed E-state index contributed by atoms with van der Waals surface area (Å²) in [5.41, 5.74) is 0.682. The number of halogens is 1. The fraction of sp³-hybridized carbons (Fsp3) is 0.278. The summed E-state index contributed by atoms with van der Waals surface area (Å²) >= 11 is 6.08. The van der Waals surface area contributed by atoms with Gasteiger partial charge in [0.1, 0.15) is 6.26 Å². The molecular weight excluding hydrogens is 388 g/mol. The van der Waals surface area contributed by atoms with Crippen LogP contribution in [0.5, 0.6) is 0 Å². The quantitative estimate of drug-likeness (QED) is 0.479. The first-order valence-electron chi connectivity index (χ1n) is 8.62. The molecule has 0 aliphatic carbocycles. The van der Waals surface area contributed by atoms with Gasteiger partial charge in [-0.05, 0) is 25.0 Å². The van der Waals surface area contributed by atoms with Crippen molar-refractivity contribution in [3.05, 3.63) is 63.4 Å². The van der Waals surface area contributed by atoms with Gasteiger partial charge in [-0.15, -0.1) is 10.2 Å². The normalized spacial score (nSPS) is 15.0. The predicted octanol–water partition coefficient (Wildman–Crippen LogP) is 3.91. The summed E-state index contributed by atoms with van der Waals surface area (Å²) in [5.74, 6) is 0.636. The summed E-state index contributed by atoms with van der Waals surface area (Å²) in [7, 11) is 0. The van der Waals surface area contributed by atoms with Crippen LogP contribution in [0.25, 0.3) is 11.5 Å². The van der Waals surface area contributed by atoms with Gasteiger partial charge in [-0.25, -0.2) is 0 Å². The molecule has 0 N–H and O–H groups in total. The van der Waals surface area contributed by atoms with E-state index in [2.05, 4.69) is 10.2 Å². The maximum Gasteiger partial charge on any atom is 0.270 e. The molecule has 1 saturated heterocycles. The van der Waals surface area contributed by atoms with E-state index in [0.717, 1.165) is 0 Å². The molecule has 0 bridgehead atoms. The van der Waals surface area contributed by atoms with E-state index in [1.165, 1.54) is 30.7 Å². The maximum atomic E-state index is 12.8. The van der Waals surface area contributed by atoms with Crippen LogP contribution < -0.4 is 0 Å². The molecular formula is C18H15ClN4O5. The van der Waals surface area contributed by atoms with Gasteiger partial charge in [0, 0.05) is 31.1 Å². The van der Waals surface area contributed by atoms with E-state index >= 15 is 0 Å². The Kier molecular flexibility index (Phi) is 4.82. The SMILES string of the molecule is O=C(c1cc([N+](=O)[O-])ccc1Cl)N1CCC(c2nnc(-c3ccoc3)o2)CC1. The van der Waals surface area contributed by atoms with Crippen molar-refractivity contribution in [2.24, 2.45) is 0 Å². The summed E-state index contributed by atoms with van der Waals surface area (Å²) in [4.78, 5) is 24.8. The average molecular weight is 403 g/mol. The van der Waals surface area contributed by atoms with Gasteiger partial charge in [-0.2, -0.15) is 0 Å². The number of benzene rings is 1. The van der Waals surface area contributed by atoms with Gasteiger partial charge in [-0.1, -0.05) is 11.6 Å². The number of amides is 1. The second-order valence-electron chi connectivity index (χ2n) is 6.45. The minimum absolute atomic E-state index is 0.0396. The van der Waals surface area contributed by atoms with E-state index in [1.54, 1.807) is 11.0 Å². The number of hydrogen-bond donors (Lipinski definition) is 0. The third-order valence-corrected chi connectivity index (χ3v) is 5.06. The van der Waals surface area contributed by atoms with E-state index in [0.29, 0.717) is 43.3 Å². The van der Waals surface area contributed by atoms with Crippen molar-refractivity contribution < 1.29 is 18.6 Å². The number of hydrogen-bond acceptors (Lipinski definition) is 7. The van der Waals surface area contributed by atoms with Crippen molar-refractivity contribution >= 4 is 23.2 Å². The number of furan rings is 1. The molecule has 1 aromatic carbocycles. The van der Waals surface area contributed by atoms with Crippen LogP contribution in [0.2, 0.25) is 5.02 Å². The van der Waals surface area contributed by atoms with Crippen molar-refractivity contribution in [1.29, 1.82) is 0 Å². The average Bonchev–Trinajstić information content (AvgIpc) is 3.39. The number of likely N-dealkylation sites (tertiary alicyclic amines) is 1. The lowest BCUT2D eigenvalue weighted by atomic mass is 9.96. The zero-order valence-electron chi connectivity index (χ0n) is 14.6. The molecule has 10 heteroatoms. The van der Waals surface area contributed by atoms with Gasteiger partial charge in [0.15, 0.2) is 0 Å². The number of carbonyl (C=O) groups excluding carboxylic acids is 1. The highest BCUT2D eigenvalue weighted by molar-refractivity contribution is 6.33. The van der Waals surface area contributed by atoms with Crippen molar-refractivity contribution in [3.63, 3.8) is 0 Å². The topological polar surface area (TPSA) is 116 Å². The Morgan fingerprint density at radius 1 is 1.25 bits per heavy atom. The summed E-state index contributed by atoms with van der Waals surface area (Å²) in [5, 5.41) is 19.3. The summed E-state index contributed by atoms with van der Waals surface area (Å²) in [6.07, 6.45) is 4.35. The van der Waals surface area contributed by atoms with Crippen LogP contribution in [0.3, 0.4) is 0 Å². The Bertz CT molecular complexity index is 1010. The molecule has 4 rings (SSSR count). The number of non-ortho nitro benzene ring substituents is 1. The van der Waals surface area contributed by atoms with Crippen LogP contribution in [0.1, 0.15) is 35.0 Å². The Balaban J connectivity index is 1.44. The number of aromatic nitrogens is 2. The fourth-order valence-electron chi connectivity index (χ4n) is 3.19. The third kappa shape index (κ3) is 3.48. The molecule has 3 heterocycles. The molecule has 2 aromatic heterocycles. The molecule has 1 fully saturated rings. The van der Waals surface area contributed by atoms with Gasteiger partial charge >= 0.3 is 0 Å². The largest absolute Gasteiger partial charge is 0.472 e. The molecule has 144 valence electrons. The van der Waals surface area contributed by atoms with Gasteiger partial charge in [0.25, 0.3) is 17.5 Å². The molecule has 0 spiro atoms. The minimum atomic E-state index is -0.549. The number of nitro groups is 1. The molecule has 28 heavy (non-hydrogen) atoms. The second kappa shape index (κ2) is 7.43. The highest BCUT2D eigenvalue weighted by atomic mass is 35.5. The Labute approximate surface area is 164 Å². The van der Waals surface area contributed by atoms with E-state index in [9.17, 15) is 14.9 Å². The van der Waals surface area contributed by atoms with E-state index in [1.807, 2.05) is 0 Å². The Hall–Kier alpha value is -3.20. The monoisotopic (exact) mass is 402 g/mol. The fourth-order valence-corrected chi connectivity index (χ4v) is 3.39. The summed E-state index contributed by atoms with van der Waals surface area (Å²) < 4.78 is 10.7. The molecule has 0 radical (unpaired) electrons. The molecule has 0 unspecified atom stereocenters. The first kappa shape index (κ1) is 18.2. The van der Waals surface area contributed by atoms with Gasteiger partial charge in [-0.3, -0.25) is 14.9 Å². The van der Waals surface area contributed by atoms with Crippen LogP contribution >= 0.6 is 11.6 Å². The molecule has 9 nitrogen and oxygen atoms in total. The molecule has 3 aromatic rings. The lowest BCUT2D eigenvalue weighted by molar-refractivity contribution is -0.384. The number of piperidine rings is 1. The lowest BCUT2D eigenvalue weighted by Gasteiger charge is -2.30. The van der Waals surface area contributed by atoms with Crippen LogP contribution in [0, 0.1) is 10.1 Å². The van der Waals surface area contributed by atoms with Crippen LogP contribution in [0.4, 0.5) is 5.69 Å². The van der Waals surface area contributed by atoms with Gasteiger partial charge < -0.3 is 13.7 Å². The van der Waals surface area contributed by atoms with Crippen LogP contribution in [-0.4, -0.2) is 39.0 Å². The molecule has 1 amide bonds. The number of rotatable bonds is 4. The zero-order chi connectivity index (χ0) is 19.7. The predicted molar refractivity (Wildman–Crippen MR) is 98.0 cm³/mol. The van der Waals surface area contributed by atoms with Crippen LogP contribution in [-0.2, 0) is 0 Å².